The van der Waals surface area contributed by atoms with Crippen LogP contribution < -0.4 is 5.32 Å². The standard InChI is InChI=1S/C15H15N7O3.C2H2O4/c1-9-4-12(20-24-9)18-13(23)8-22-6-10(7-22)15-19-14(21-25-15)11-5-16-2-3-17-11;3-1(4)2(5)6/h2-5,10H,6-8H2,1H3,(H,18,20,23);(H,3,4)(H,5,6). The molecule has 0 bridgehead atoms. The second kappa shape index (κ2) is 9.53. The van der Waals surface area contributed by atoms with Gasteiger partial charge in [0.1, 0.15) is 11.5 Å². The monoisotopic (exact) mass is 431 g/mol. The van der Waals surface area contributed by atoms with E-state index in [-0.39, 0.29) is 18.4 Å². The van der Waals surface area contributed by atoms with E-state index in [1.54, 1.807) is 31.6 Å². The summed E-state index contributed by atoms with van der Waals surface area (Å²) in [5.74, 6) is -1.65. The first-order valence-corrected chi connectivity index (χ1v) is 8.83. The quantitative estimate of drug-likeness (QED) is 0.457. The van der Waals surface area contributed by atoms with Crippen molar-refractivity contribution in [3.8, 4) is 11.5 Å². The Bertz CT molecular complexity index is 1050. The van der Waals surface area contributed by atoms with Crippen molar-refractivity contribution in [1.82, 2.24) is 30.2 Å². The molecular weight excluding hydrogens is 414 g/mol. The SMILES string of the molecule is Cc1cc(NC(=O)CN2CC(c3nc(-c4cnccn4)no3)C2)no1.O=C(O)C(=O)O. The number of amides is 1. The minimum Gasteiger partial charge on any atom is -0.473 e. The van der Waals surface area contributed by atoms with Crippen LogP contribution in [0, 0.1) is 6.92 Å². The highest BCUT2D eigenvalue weighted by molar-refractivity contribution is 6.27. The molecular formula is C17H17N7O7. The van der Waals surface area contributed by atoms with Crippen LogP contribution in [-0.2, 0) is 14.4 Å². The van der Waals surface area contributed by atoms with Crippen LogP contribution in [0.25, 0.3) is 11.5 Å². The van der Waals surface area contributed by atoms with Crippen molar-refractivity contribution in [2.75, 3.05) is 25.0 Å². The molecule has 0 radical (unpaired) electrons. The fraction of sp³-hybridized carbons (Fsp3) is 0.294. The lowest BCUT2D eigenvalue weighted by Gasteiger charge is -2.36. The second-order valence-corrected chi connectivity index (χ2v) is 6.42. The Morgan fingerprint density at radius 2 is 1.90 bits per heavy atom. The lowest BCUT2D eigenvalue weighted by molar-refractivity contribution is -0.159. The van der Waals surface area contributed by atoms with Crippen LogP contribution >= 0.6 is 0 Å². The largest absolute Gasteiger partial charge is 0.473 e. The number of aryl methyl sites for hydroxylation is 1. The fourth-order valence-corrected chi connectivity index (χ4v) is 2.59. The summed E-state index contributed by atoms with van der Waals surface area (Å²) in [5, 5.41) is 25.1. The molecule has 0 aromatic carbocycles. The number of nitrogens with one attached hydrogen (secondary N) is 1. The van der Waals surface area contributed by atoms with Gasteiger partial charge in [-0.1, -0.05) is 10.3 Å². The summed E-state index contributed by atoms with van der Waals surface area (Å²) in [6.45, 7) is 3.39. The number of anilines is 1. The van der Waals surface area contributed by atoms with Crippen LogP contribution in [0.1, 0.15) is 17.6 Å². The van der Waals surface area contributed by atoms with Gasteiger partial charge in [-0.05, 0) is 6.92 Å². The van der Waals surface area contributed by atoms with Crippen molar-refractivity contribution in [3.63, 3.8) is 0 Å². The van der Waals surface area contributed by atoms with E-state index in [9.17, 15) is 4.79 Å². The highest BCUT2D eigenvalue weighted by Crippen LogP contribution is 2.26. The molecule has 1 aliphatic rings. The van der Waals surface area contributed by atoms with E-state index in [0.717, 1.165) is 0 Å². The third kappa shape index (κ3) is 5.89. The van der Waals surface area contributed by atoms with E-state index in [2.05, 4.69) is 30.6 Å². The zero-order valence-electron chi connectivity index (χ0n) is 16.1. The summed E-state index contributed by atoms with van der Waals surface area (Å²) in [7, 11) is 0. The Kier molecular flexibility index (Phi) is 6.61. The average molecular weight is 431 g/mol. The Hall–Kier alpha value is -4.20. The first-order valence-electron chi connectivity index (χ1n) is 8.83. The van der Waals surface area contributed by atoms with Gasteiger partial charge in [-0.25, -0.2) is 14.6 Å². The van der Waals surface area contributed by atoms with E-state index in [0.29, 0.717) is 42.1 Å². The lowest BCUT2D eigenvalue weighted by atomic mass is 10.0. The molecule has 1 saturated heterocycles. The van der Waals surface area contributed by atoms with Crippen LogP contribution in [0.4, 0.5) is 5.82 Å². The summed E-state index contributed by atoms with van der Waals surface area (Å²) in [4.78, 5) is 44.6. The fourth-order valence-electron chi connectivity index (χ4n) is 2.59. The molecule has 3 aromatic rings. The number of hydrogen-bond donors (Lipinski definition) is 3. The number of carboxylic acids is 2. The zero-order valence-corrected chi connectivity index (χ0v) is 16.1. The van der Waals surface area contributed by atoms with Crippen LogP contribution in [0.2, 0.25) is 0 Å². The van der Waals surface area contributed by atoms with E-state index in [1.165, 1.54) is 0 Å². The molecule has 0 aliphatic carbocycles. The van der Waals surface area contributed by atoms with Crippen molar-refractivity contribution in [1.29, 1.82) is 0 Å². The molecule has 0 unspecified atom stereocenters. The summed E-state index contributed by atoms with van der Waals surface area (Å²) < 4.78 is 10.2. The maximum absolute atomic E-state index is 12.0. The van der Waals surface area contributed by atoms with Gasteiger partial charge in [-0.15, -0.1) is 0 Å². The molecule has 162 valence electrons. The van der Waals surface area contributed by atoms with Gasteiger partial charge in [0.15, 0.2) is 5.82 Å². The van der Waals surface area contributed by atoms with Gasteiger partial charge in [-0.2, -0.15) is 4.98 Å². The topological polar surface area (TPSA) is 198 Å². The van der Waals surface area contributed by atoms with Gasteiger partial charge in [0.25, 0.3) is 0 Å². The van der Waals surface area contributed by atoms with Gasteiger partial charge in [0, 0.05) is 31.5 Å². The maximum atomic E-state index is 12.0. The third-order valence-electron chi connectivity index (χ3n) is 3.99. The summed E-state index contributed by atoms with van der Waals surface area (Å²) in [6.07, 6.45) is 4.74. The molecule has 31 heavy (non-hydrogen) atoms. The molecule has 14 heteroatoms. The number of rotatable bonds is 5. The molecule has 4 rings (SSSR count). The number of carbonyl (C=O) groups is 3. The molecule has 1 fully saturated rings. The number of likely N-dealkylation sites (tertiary alicyclic amines) is 1. The minimum absolute atomic E-state index is 0.111. The molecule has 1 aliphatic heterocycles. The first kappa shape index (κ1) is 21.5. The van der Waals surface area contributed by atoms with Gasteiger partial charge in [-0.3, -0.25) is 14.7 Å². The Morgan fingerprint density at radius 3 is 2.48 bits per heavy atom. The summed E-state index contributed by atoms with van der Waals surface area (Å²) >= 11 is 0. The van der Waals surface area contributed by atoms with E-state index < -0.39 is 11.9 Å². The number of hydrogen-bond acceptors (Lipinski definition) is 11. The maximum Gasteiger partial charge on any atom is 0.414 e. The number of nitrogens with zero attached hydrogens (tertiary/aromatic N) is 6. The Labute approximate surface area is 173 Å². The van der Waals surface area contributed by atoms with E-state index in [1.807, 2.05) is 4.90 Å². The predicted molar refractivity (Wildman–Crippen MR) is 99.6 cm³/mol. The number of aromatic nitrogens is 5. The second-order valence-electron chi connectivity index (χ2n) is 6.42. The highest BCUT2D eigenvalue weighted by atomic mass is 16.5. The van der Waals surface area contributed by atoms with Gasteiger partial charge in [0.05, 0.1) is 18.7 Å². The summed E-state index contributed by atoms with van der Waals surface area (Å²) in [5.41, 5.74) is 0.566. The number of aliphatic carboxylic acids is 2. The first-order chi connectivity index (χ1) is 14.8. The van der Waals surface area contributed by atoms with Crippen LogP contribution in [0.3, 0.4) is 0 Å². The predicted octanol–water partition coefficient (Wildman–Crippen LogP) is 0.0165. The Balaban J connectivity index is 0.000000401. The minimum atomic E-state index is -1.82. The molecule has 0 spiro atoms. The molecule has 1 amide bonds. The van der Waals surface area contributed by atoms with Gasteiger partial charge in [0.2, 0.25) is 17.6 Å². The van der Waals surface area contributed by atoms with Crippen LogP contribution in [0.15, 0.2) is 33.7 Å². The lowest BCUT2D eigenvalue weighted by Crippen LogP contribution is -2.48. The van der Waals surface area contributed by atoms with Crippen molar-refractivity contribution in [2.45, 2.75) is 12.8 Å². The smallest absolute Gasteiger partial charge is 0.414 e. The highest BCUT2D eigenvalue weighted by Gasteiger charge is 2.33. The van der Waals surface area contributed by atoms with E-state index >= 15 is 0 Å². The van der Waals surface area contributed by atoms with Crippen molar-refractivity contribution < 1.29 is 33.6 Å². The van der Waals surface area contributed by atoms with Crippen molar-refractivity contribution in [2.24, 2.45) is 0 Å². The normalized spacial score (nSPS) is 13.6. The van der Waals surface area contributed by atoms with E-state index in [4.69, 9.17) is 28.8 Å². The summed E-state index contributed by atoms with van der Waals surface area (Å²) in [6, 6.07) is 1.67. The molecule has 3 N–H and O–H groups in total. The van der Waals surface area contributed by atoms with Crippen LogP contribution in [0.5, 0.6) is 0 Å². The zero-order chi connectivity index (χ0) is 22.4. The van der Waals surface area contributed by atoms with Crippen molar-refractivity contribution in [3.05, 3.63) is 36.3 Å². The molecule has 3 aromatic heterocycles. The van der Waals surface area contributed by atoms with Gasteiger partial charge < -0.3 is 24.6 Å². The molecule has 0 atom stereocenters. The molecule has 14 nitrogen and oxygen atoms in total. The molecule has 4 heterocycles. The third-order valence-corrected chi connectivity index (χ3v) is 3.99. The average Bonchev–Trinajstić information content (AvgIpc) is 3.34. The number of carboxylic acid groups (broad SMARTS) is 2. The molecule has 0 saturated carbocycles. The Morgan fingerprint density at radius 1 is 1.16 bits per heavy atom. The van der Waals surface area contributed by atoms with Crippen molar-refractivity contribution >= 4 is 23.7 Å². The van der Waals surface area contributed by atoms with Crippen LogP contribution in [-0.4, -0.2) is 77.9 Å². The number of carbonyl (C=O) groups excluding carboxylic acids is 1. The van der Waals surface area contributed by atoms with Gasteiger partial charge >= 0.3 is 11.9 Å².